The molecule has 25 heavy (non-hydrogen) atoms. The van der Waals surface area contributed by atoms with Gasteiger partial charge < -0.3 is 19.7 Å². The van der Waals surface area contributed by atoms with Crippen LogP contribution in [-0.4, -0.2) is 31.6 Å². The number of carbonyl (C=O) groups excluding carboxylic acids is 1. The van der Waals surface area contributed by atoms with Crippen LogP contribution in [0.15, 0.2) is 42.5 Å². The smallest absolute Gasteiger partial charge is 0.257 e. The van der Waals surface area contributed by atoms with Gasteiger partial charge in [0.25, 0.3) is 5.91 Å². The van der Waals surface area contributed by atoms with Crippen LogP contribution < -0.4 is 14.8 Å². The Morgan fingerprint density at radius 3 is 2.48 bits per heavy atom. The van der Waals surface area contributed by atoms with E-state index in [1.54, 1.807) is 14.2 Å². The Morgan fingerprint density at radius 1 is 1.08 bits per heavy atom. The number of fused-ring (bicyclic) bond motifs is 1. The van der Waals surface area contributed by atoms with E-state index in [9.17, 15) is 4.79 Å². The van der Waals surface area contributed by atoms with E-state index >= 15 is 0 Å². The second kappa shape index (κ2) is 7.05. The highest BCUT2D eigenvalue weighted by atomic mass is 16.5. The Kier molecular flexibility index (Phi) is 4.83. The first-order valence-corrected chi connectivity index (χ1v) is 8.43. The molecule has 0 saturated carbocycles. The van der Waals surface area contributed by atoms with Gasteiger partial charge in [-0.2, -0.15) is 0 Å². The topological polar surface area (TPSA) is 50.8 Å². The molecule has 0 radical (unpaired) electrons. The SMILES string of the molecule is COc1ccc(C2Nc3ccccc3C(=O)N2CC(C)C)cc1OC. The van der Waals surface area contributed by atoms with Crippen LogP contribution in [0.5, 0.6) is 11.5 Å². The molecule has 1 unspecified atom stereocenters. The maximum absolute atomic E-state index is 13.0. The van der Waals surface area contributed by atoms with Gasteiger partial charge in [0.05, 0.1) is 19.8 Å². The predicted octanol–water partition coefficient (Wildman–Crippen LogP) is 3.93. The van der Waals surface area contributed by atoms with Crippen LogP contribution in [0.2, 0.25) is 0 Å². The molecule has 132 valence electrons. The van der Waals surface area contributed by atoms with Gasteiger partial charge in [0.2, 0.25) is 0 Å². The summed E-state index contributed by atoms with van der Waals surface area (Å²) in [6, 6.07) is 13.4. The Balaban J connectivity index is 2.04. The van der Waals surface area contributed by atoms with E-state index in [2.05, 4.69) is 19.2 Å². The third kappa shape index (κ3) is 3.27. The number of hydrogen-bond donors (Lipinski definition) is 1. The molecule has 2 aromatic carbocycles. The van der Waals surface area contributed by atoms with Gasteiger partial charge in [0, 0.05) is 12.2 Å². The number of amides is 1. The predicted molar refractivity (Wildman–Crippen MR) is 98.2 cm³/mol. The van der Waals surface area contributed by atoms with Gasteiger partial charge in [-0.15, -0.1) is 0 Å². The van der Waals surface area contributed by atoms with Gasteiger partial charge in [0.15, 0.2) is 11.5 Å². The third-order valence-electron chi connectivity index (χ3n) is 4.31. The second-order valence-electron chi connectivity index (χ2n) is 6.56. The summed E-state index contributed by atoms with van der Waals surface area (Å²) in [5.41, 5.74) is 2.52. The molecule has 0 aromatic heterocycles. The zero-order chi connectivity index (χ0) is 18.0. The molecule has 0 fully saturated rings. The van der Waals surface area contributed by atoms with Crippen LogP contribution in [0, 0.1) is 5.92 Å². The Labute approximate surface area is 148 Å². The largest absolute Gasteiger partial charge is 0.493 e. The van der Waals surface area contributed by atoms with E-state index in [4.69, 9.17) is 9.47 Å². The monoisotopic (exact) mass is 340 g/mol. The summed E-state index contributed by atoms with van der Waals surface area (Å²) in [6.07, 6.45) is -0.246. The lowest BCUT2D eigenvalue weighted by molar-refractivity contribution is 0.0657. The molecule has 1 aliphatic heterocycles. The zero-order valence-corrected chi connectivity index (χ0v) is 15.1. The number of methoxy groups -OCH3 is 2. The number of nitrogens with one attached hydrogen (secondary N) is 1. The van der Waals surface area contributed by atoms with Gasteiger partial charge in [-0.25, -0.2) is 0 Å². The molecule has 1 atom stereocenters. The van der Waals surface area contributed by atoms with Crippen molar-refractivity contribution in [1.29, 1.82) is 0 Å². The van der Waals surface area contributed by atoms with E-state index in [0.717, 1.165) is 11.3 Å². The van der Waals surface area contributed by atoms with E-state index in [1.807, 2.05) is 47.4 Å². The number of rotatable bonds is 5. The number of para-hydroxylation sites is 1. The molecule has 1 N–H and O–H groups in total. The number of nitrogens with zero attached hydrogens (tertiary/aromatic N) is 1. The number of hydrogen-bond acceptors (Lipinski definition) is 4. The molecule has 2 aromatic rings. The summed E-state index contributed by atoms with van der Waals surface area (Å²) in [4.78, 5) is 14.9. The lowest BCUT2D eigenvalue weighted by Crippen LogP contribution is -2.44. The molecule has 0 aliphatic carbocycles. The molecule has 1 heterocycles. The Hall–Kier alpha value is -2.69. The fourth-order valence-corrected chi connectivity index (χ4v) is 3.16. The quantitative estimate of drug-likeness (QED) is 0.896. The lowest BCUT2D eigenvalue weighted by atomic mass is 10.0. The second-order valence-corrected chi connectivity index (χ2v) is 6.56. The standard InChI is InChI=1S/C20H24N2O3/c1-13(2)12-22-19(14-9-10-17(24-3)18(11-14)25-4)21-16-8-6-5-7-15(16)20(22)23/h5-11,13,19,21H,12H2,1-4H3. The molecule has 3 rings (SSSR count). The van der Waals surface area contributed by atoms with Crippen molar-refractivity contribution < 1.29 is 14.3 Å². The minimum Gasteiger partial charge on any atom is -0.493 e. The molecule has 1 amide bonds. The Bertz CT molecular complexity index is 773. The van der Waals surface area contributed by atoms with Gasteiger partial charge >= 0.3 is 0 Å². The highest BCUT2D eigenvalue weighted by Crippen LogP contribution is 2.37. The summed E-state index contributed by atoms with van der Waals surface area (Å²) in [6.45, 7) is 4.89. The maximum atomic E-state index is 13.0. The molecule has 0 bridgehead atoms. The van der Waals surface area contributed by atoms with Crippen molar-refractivity contribution in [3.63, 3.8) is 0 Å². The van der Waals surface area contributed by atoms with Crippen LogP contribution in [0.3, 0.4) is 0 Å². The number of ether oxygens (including phenoxy) is 2. The summed E-state index contributed by atoms with van der Waals surface area (Å²) in [5.74, 6) is 1.73. The fourth-order valence-electron chi connectivity index (χ4n) is 3.16. The summed E-state index contributed by atoms with van der Waals surface area (Å²) >= 11 is 0. The van der Waals surface area contributed by atoms with E-state index in [-0.39, 0.29) is 12.1 Å². The van der Waals surface area contributed by atoms with Crippen LogP contribution in [-0.2, 0) is 0 Å². The fraction of sp³-hybridized carbons (Fsp3) is 0.350. The van der Waals surface area contributed by atoms with Crippen molar-refractivity contribution in [3.8, 4) is 11.5 Å². The van der Waals surface area contributed by atoms with Crippen molar-refractivity contribution in [1.82, 2.24) is 4.90 Å². The molecule has 0 saturated heterocycles. The van der Waals surface area contributed by atoms with E-state index in [0.29, 0.717) is 29.5 Å². The Morgan fingerprint density at radius 2 is 1.80 bits per heavy atom. The molecule has 5 heteroatoms. The van der Waals surface area contributed by atoms with Gasteiger partial charge in [-0.3, -0.25) is 4.79 Å². The normalized spacial score (nSPS) is 16.4. The molecular weight excluding hydrogens is 316 g/mol. The van der Waals surface area contributed by atoms with E-state index in [1.165, 1.54) is 0 Å². The van der Waals surface area contributed by atoms with Gasteiger partial charge in [-0.1, -0.05) is 32.0 Å². The minimum atomic E-state index is -0.246. The number of benzene rings is 2. The van der Waals surface area contributed by atoms with Crippen LogP contribution in [0.4, 0.5) is 5.69 Å². The van der Waals surface area contributed by atoms with Crippen LogP contribution in [0.1, 0.15) is 35.9 Å². The first kappa shape index (κ1) is 17.1. The molecule has 0 spiro atoms. The summed E-state index contributed by atoms with van der Waals surface area (Å²) < 4.78 is 10.7. The van der Waals surface area contributed by atoms with E-state index < -0.39 is 0 Å². The van der Waals surface area contributed by atoms with Crippen molar-refractivity contribution in [3.05, 3.63) is 53.6 Å². The van der Waals surface area contributed by atoms with Crippen molar-refractivity contribution in [2.75, 3.05) is 26.1 Å². The first-order valence-electron chi connectivity index (χ1n) is 8.43. The van der Waals surface area contributed by atoms with Crippen LogP contribution >= 0.6 is 0 Å². The number of carbonyl (C=O) groups is 1. The average Bonchev–Trinajstić information content (AvgIpc) is 2.63. The highest BCUT2D eigenvalue weighted by Gasteiger charge is 2.33. The van der Waals surface area contributed by atoms with Crippen molar-refractivity contribution >= 4 is 11.6 Å². The average molecular weight is 340 g/mol. The molecular formula is C20H24N2O3. The first-order chi connectivity index (χ1) is 12.0. The summed E-state index contributed by atoms with van der Waals surface area (Å²) in [7, 11) is 3.23. The third-order valence-corrected chi connectivity index (χ3v) is 4.31. The number of anilines is 1. The van der Waals surface area contributed by atoms with Gasteiger partial charge in [0.1, 0.15) is 6.17 Å². The zero-order valence-electron chi connectivity index (χ0n) is 15.1. The minimum absolute atomic E-state index is 0.0443. The van der Waals surface area contributed by atoms with Crippen molar-refractivity contribution in [2.24, 2.45) is 5.92 Å². The molecule has 1 aliphatic rings. The maximum Gasteiger partial charge on any atom is 0.257 e. The molecule has 5 nitrogen and oxygen atoms in total. The summed E-state index contributed by atoms with van der Waals surface area (Å²) in [5, 5.41) is 3.50. The van der Waals surface area contributed by atoms with Crippen molar-refractivity contribution in [2.45, 2.75) is 20.0 Å². The van der Waals surface area contributed by atoms with Gasteiger partial charge in [-0.05, 0) is 35.7 Å². The van der Waals surface area contributed by atoms with Crippen LogP contribution in [0.25, 0.3) is 0 Å². The highest BCUT2D eigenvalue weighted by molar-refractivity contribution is 6.01. The lowest BCUT2D eigenvalue weighted by Gasteiger charge is -2.39.